The maximum Gasteiger partial charge on any atom is 0.0477 e. The number of aryl methyl sites for hydroxylation is 1. The molecule has 0 saturated heterocycles. The second-order valence-corrected chi connectivity index (χ2v) is 25.0. The Morgan fingerprint density at radius 2 is 1.28 bits per heavy atom. The van der Waals surface area contributed by atoms with E-state index in [9.17, 15) is 0 Å². The number of rotatable bonds is 1. The minimum Gasteiger partial charge on any atom is -0.351 e. The van der Waals surface area contributed by atoms with Gasteiger partial charge in [-0.1, -0.05) is 57.5 Å². The lowest BCUT2D eigenvalue weighted by Crippen LogP contribution is -2.49. The van der Waals surface area contributed by atoms with Crippen LogP contribution in [0.4, 0.5) is 0 Å². The molecule has 0 spiro atoms. The quantitative estimate of drug-likeness (QED) is 0.652. The van der Waals surface area contributed by atoms with E-state index >= 15 is 0 Å². The highest BCUT2D eigenvalue weighted by atomic mass is 29.3. The summed E-state index contributed by atoms with van der Waals surface area (Å²) < 4.78 is 2.12. The van der Waals surface area contributed by atoms with Gasteiger partial charge >= 0.3 is 0 Å². The molecule has 0 atom stereocenters. The SMILES string of the molecule is C[Si](C)(C)[Si](C)(C)C.Cn1ccc2ccccc21. The third-order valence-corrected chi connectivity index (χ3v) is 22.0. The summed E-state index contributed by atoms with van der Waals surface area (Å²) in [6, 6.07) is 10.5. The van der Waals surface area contributed by atoms with Gasteiger partial charge in [0.1, 0.15) is 0 Å². The lowest BCUT2D eigenvalue weighted by molar-refractivity contribution is 0.969. The summed E-state index contributed by atoms with van der Waals surface area (Å²) in [5.74, 6) is 0. The van der Waals surface area contributed by atoms with Crippen LogP contribution in [0.3, 0.4) is 0 Å². The summed E-state index contributed by atoms with van der Waals surface area (Å²) in [4.78, 5) is 0. The van der Waals surface area contributed by atoms with E-state index in [1.165, 1.54) is 10.9 Å². The number of benzene rings is 1. The average Bonchev–Trinajstić information content (AvgIpc) is 2.59. The fourth-order valence-corrected chi connectivity index (χ4v) is 1.22. The molecule has 0 bridgehead atoms. The smallest absolute Gasteiger partial charge is 0.0477 e. The first-order valence-electron chi connectivity index (χ1n) is 6.63. The molecule has 2 rings (SSSR count). The molecule has 1 aromatic heterocycles. The summed E-state index contributed by atoms with van der Waals surface area (Å²) in [6.07, 6.45) is 2.07. The van der Waals surface area contributed by atoms with E-state index in [2.05, 4.69) is 87.4 Å². The maximum absolute atomic E-state index is 2.47. The fourth-order valence-electron chi connectivity index (χ4n) is 1.22. The third kappa shape index (κ3) is 3.85. The van der Waals surface area contributed by atoms with Crippen molar-refractivity contribution >= 4 is 26.1 Å². The zero-order chi connectivity index (χ0) is 14.0. The molecule has 0 aliphatic heterocycles. The Morgan fingerprint density at radius 1 is 0.778 bits per heavy atom. The Hall–Kier alpha value is -0.806. The summed E-state index contributed by atoms with van der Waals surface area (Å²) >= 11 is 0. The molecule has 18 heavy (non-hydrogen) atoms. The molecule has 0 unspecified atom stereocenters. The van der Waals surface area contributed by atoms with Crippen molar-refractivity contribution in [2.45, 2.75) is 39.3 Å². The van der Waals surface area contributed by atoms with Gasteiger partial charge in [-0.2, -0.15) is 0 Å². The van der Waals surface area contributed by atoms with Crippen LogP contribution in [0.2, 0.25) is 39.3 Å². The highest BCUT2D eigenvalue weighted by molar-refractivity contribution is 7.39. The van der Waals surface area contributed by atoms with Crippen LogP contribution in [0.1, 0.15) is 0 Å². The molecule has 2 aromatic rings. The Balaban J connectivity index is 0.000000187. The highest BCUT2D eigenvalue weighted by Gasteiger charge is 2.31. The topological polar surface area (TPSA) is 4.93 Å². The first kappa shape index (κ1) is 15.3. The number of aromatic nitrogens is 1. The molecule has 3 heteroatoms. The normalized spacial score (nSPS) is 12.2. The molecule has 1 aromatic carbocycles. The van der Waals surface area contributed by atoms with Crippen LogP contribution < -0.4 is 0 Å². The van der Waals surface area contributed by atoms with Crippen molar-refractivity contribution in [3.63, 3.8) is 0 Å². The summed E-state index contributed by atoms with van der Waals surface area (Å²) in [5, 5.41) is 1.31. The van der Waals surface area contributed by atoms with E-state index < -0.39 is 15.2 Å². The average molecular weight is 278 g/mol. The minimum absolute atomic E-state index is 0.720. The molecule has 0 radical (unpaired) electrons. The number of hydrogen-bond acceptors (Lipinski definition) is 0. The molecule has 0 N–H and O–H groups in total. The van der Waals surface area contributed by atoms with Gasteiger partial charge in [-0.15, -0.1) is 0 Å². The van der Waals surface area contributed by atoms with E-state index in [1.54, 1.807) is 0 Å². The van der Waals surface area contributed by atoms with E-state index in [4.69, 9.17) is 0 Å². The molecule has 0 amide bonds. The lowest BCUT2D eigenvalue weighted by atomic mass is 10.2. The molecular formula is C15H27NSi2. The van der Waals surface area contributed by atoms with Crippen LogP contribution >= 0.6 is 0 Å². The van der Waals surface area contributed by atoms with Gasteiger partial charge < -0.3 is 4.57 Å². The Morgan fingerprint density at radius 3 is 1.72 bits per heavy atom. The van der Waals surface area contributed by atoms with Gasteiger partial charge in [0.05, 0.1) is 0 Å². The highest BCUT2D eigenvalue weighted by Crippen LogP contribution is 2.17. The molecule has 0 aliphatic rings. The Bertz CT molecular complexity index is 489. The summed E-state index contributed by atoms with van der Waals surface area (Å²) in [6.45, 7) is 14.8. The van der Waals surface area contributed by atoms with Crippen molar-refractivity contribution in [2.24, 2.45) is 7.05 Å². The van der Waals surface area contributed by atoms with Gasteiger partial charge in [0.2, 0.25) is 0 Å². The molecular weight excluding hydrogens is 250 g/mol. The van der Waals surface area contributed by atoms with Crippen LogP contribution in [0.15, 0.2) is 36.5 Å². The monoisotopic (exact) mass is 277 g/mol. The van der Waals surface area contributed by atoms with Crippen molar-refractivity contribution in [1.82, 2.24) is 4.57 Å². The van der Waals surface area contributed by atoms with E-state index in [1.807, 2.05) is 0 Å². The first-order chi connectivity index (χ1) is 8.13. The predicted octanol–water partition coefficient (Wildman–Crippen LogP) is 4.92. The summed E-state index contributed by atoms with van der Waals surface area (Å²) in [7, 11) is 0.618. The third-order valence-electron chi connectivity index (χ3n) is 4.04. The second kappa shape index (κ2) is 5.45. The molecule has 0 saturated carbocycles. The number of para-hydroxylation sites is 1. The molecule has 100 valence electrons. The minimum atomic E-state index is -0.720. The summed E-state index contributed by atoms with van der Waals surface area (Å²) in [5.41, 5.74) is 1.29. The first-order valence-corrected chi connectivity index (χ1v) is 14.6. The van der Waals surface area contributed by atoms with Crippen molar-refractivity contribution in [2.75, 3.05) is 0 Å². The van der Waals surface area contributed by atoms with Gasteiger partial charge in [0.15, 0.2) is 0 Å². The van der Waals surface area contributed by atoms with E-state index in [0.717, 1.165) is 0 Å². The molecule has 1 heterocycles. The van der Waals surface area contributed by atoms with Crippen LogP contribution in [-0.4, -0.2) is 19.7 Å². The van der Waals surface area contributed by atoms with Gasteiger partial charge in [-0.25, -0.2) is 0 Å². The van der Waals surface area contributed by atoms with Gasteiger partial charge in [0, 0.05) is 33.9 Å². The van der Waals surface area contributed by atoms with Crippen molar-refractivity contribution in [1.29, 1.82) is 0 Å². The second-order valence-electron chi connectivity index (χ2n) is 6.99. The van der Waals surface area contributed by atoms with E-state index in [-0.39, 0.29) is 0 Å². The van der Waals surface area contributed by atoms with Crippen LogP contribution in [0.5, 0.6) is 0 Å². The Kier molecular flexibility index (Phi) is 4.62. The largest absolute Gasteiger partial charge is 0.351 e. The van der Waals surface area contributed by atoms with Crippen molar-refractivity contribution in [3.8, 4) is 0 Å². The van der Waals surface area contributed by atoms with Crippen LogP contribution in [0.25, 0.3) is 10.9 Å². The lowest BCUT2D eigenvalue weighted by Gasteiger charge is -2.30. The van der Waals surface area contributed by atoms with Crippen LogP contribution in [0, 0.1) is 0 Å². The predicted molar refractivity (Wildman–Crippen MR) is 89.6 cm³/mol. The molecule has 0 fully saturated rings. The van der Waals surface area contributed by atoms with Gasteiger partial charge in [-0.05, 0) is 17.5 Å². The Labute approximate surface area is 114 Å². The van der Waals surface area contributed by atoms with Gasteiger partial charge in [0.25, 0.3) is 0 Å². The van der Waals surface area contributed by atoms with Crippen molar-refractivity contribution < 1.29 is 0 Å². The molecule has 0 aliphatic carbocycles. The zero-order valence-electron chi connectivity index (χ0n) is 12.9. The number of nitrogens with zero attached hydrogens (tertiary/aromatic N) is 1. The van der Waals surface area contributed by atoms with E-state index in [0.29, 0.717) is 0 Å². The standard InChI is InChI=1S/C9H9N.C6H18Si2/c1-10-7-6-8-4-2-3-5-9(8)10;1-7(2,3)8(4,5)6/h2-7H,1H3;1-6H3. The number of fused-ring (bicyclic) bond motifs is 1. The number of hydrogen-bond donors (Lipinski definition) is 0. The fraction of sp³-hybridized carbons (Fsp3) is 0.467. The van der Waals surface area contributed by atoms with Crippen LogP contribution in [-0.2, 0) is 7.05 Å². The van der Waals surface area contributed by atoms with Gasteiger partial charge in [-0.3, -0.25) is 0 Å². The zero-order valence-corrected chi connectivity index (χ0v) is 14.9. The molecule has 1 nitrogen and oxygen atoms in total. The maximum atomic E-state index is 2.47. The van der Waals surface area contributed by atoms with Crippen molar-refractivity contribution in [3.05, 3.63) is 36.5 Å².